The number of nitrogens with one attached hydrogen (secondary N) is 2. The van der Waals surface area contributed by atoms with Gasteiger partial charge in [0.2, 0.25) is 0 Å². The molecule has 1 aromatic rings. The van der Waals surface area contributed by atoms with Crippen molar-refractivity contribution >= 4 is 5.82 Å². The first kappa shape index (κ1) is 20.0. The smallest absolute Gasteiger partial charge is 0.132 e. The van der Waals surface area contributed by atoms with Crippen LogP contribution in [0.2, 0.25) is 0 Å². The molecule has 4 atom stereocenters. The molecule has 8 nitrogen and oxygen atoms in total. The van der Waals surface area contributed by atoms with Crippen LogP contribution in [0.25, 0.3) is 0 Å². The summed E-state index contributed by atoms with van der Waals surface area (Å²) in [6.07, 6.45) is 5.31. The fourth-order valence-electron chi connectivity index (χ4n) is 4.76. The highest BCUT2D eigenvalue weighted by atomic mass is 16.5. The van der Waals surface area contributed by atoms with Crippen molar-refractivity contribution in [3.05, 3.63) is 18.1 Å². The van der Waals surface area contributed by atoms with Crippen molar-refractivity contribution in [1.29, 1.82) is 0 Å². The van der Waals surface area contributed by atoms with Crippen LogP contribution in [0.4, 0.5) is 5.82 Å². The zero-order chi connectivity index (χ0) is 19.3. The van der Waals surface area contributed by atoms with Gasteiger partial charge in [-0.2, -0.15) is 0 Å². The number of hydrazine groups is 1. The highest BCUT2D eigenvalue weighted by molar-refractivity contribution is 5.40. The van der Waals surface area contributed by atoms with E-state index >= 15 is 0 Å². The van der Waals surface area contributed by atoms with E-state index in [0.29, 0.717) is 31.3 Å². The number of aromatic nitrogens is 2. The predicted octanol–water partition coefficient (Wildman–Crippen LogP) is 0.968. The van der Waals surface area contributed by atoms with Crippen LogP contribution in [-0.2, 0) is 9.47 Å². The minimum Gasteiger partial charge on any atom is -0.382 e. The topological polar surface area (TPSA) is 74.8 Å². The molecule has 4 unspecified atom stereocenters. The summed E-state index contributed by atoms with van der Waals surface area (Å²) in [4.78, 5) is 14.1. The molecule has 4 rings (SSSR count). The number of hydrogen-bond donors (Lipinski definition) is 2. The molecule has 1 aromatic heterocycles. The molecule has 3 heterocycles. The summed E-state index contributed by atoms with van der Waals surface area (Å²) in [6.45, 7) is 8.94. The van der Waals surface area contributed by atoms with E-state index in [4.69, 9.17) is 9.47 Å². The van der Waals surface area contributed by atoms with Crippen LogP contribution >= 0.6 is 0 Å². The van der Waals surface area contributed by atoms with Gasteiger partial charge in [-0.05, 0) is 25.8 Å². The standard InChI is InChI=1S/C20H34N6O2/c1-3-25-6-8-26(9-7-25)19-13-18(21-14-22-19)20-16-12-15(28-11-10-27-2)4-5-17(16)23-24-20/h13-17,20,23-24H,3-12H2,1-2H3. The summed E-state index contributed by atoms with van der Waals surface area (Å²) in [5.74, 6) is 1.54. The SMILES string of the molecule is CCN1CCN(c2cc(C3NNC4CCC(OCCOC)CC43)ncn2)CC1. The van der Waals surface area contributed by atoms with E-state index in [1.807, 2.05) is 0 Å². The van der Waals surface area contributed by atoms with Crippen LogP contribution in [-0.4, -0.2) is 80.1 Å². The Bertz CT molecular complexity index is 624. The molecule has 2 aliphatic heterocycles. The summed E-state index contributed by atoms with van der Waals surface area (Å²) in [5, 5.41) is 0. The van der Waals surface area contributed by atoms with Crippen LogP contribution in [0.15, 0.2) is 12.4 Å². The first-order valence-electron chi connectivity index (χ1n) is 10.7. The number of nitrogens with zero attached hydrogens (tertiary/aromatic N) is 4. The van der Waals surface area contributed by atoms with E-state index in [2.05, 4.69) is 43.6 Å². The first-order valence-corrected chi connectivity index (χ1v) is 10.7. The van der Waals surface area contributed by atoms with E-state index in [-0.39, 0.29) is 6.04 Å². The number of fused-ring (bicyclic) bond motifs is 1. The maximum atomic E-state index is 6.03. The largest absolute Gasteiger partial charge is 0.382 e. The van der Waals surface area contributed by atoms with Crippen molar-refractivity contribution in [2.45, 2.75) is 44.4 Å². The molecule has 2 N–H and O–H groups in total. The lowest BCUT2D eigenvalue weighted by Crippen LogP contribution is -2.46. The molecule has 2 saturated heterocycles. The summed E-state index contributed by atoms with van der Waals surface area (Å²) in [7, 11) is 1.72. The number of rotatable bonds is 7. The Kier molecular flexibility index (Phi) is 6.74. The molecule has 3 fully saturated rings. The molecule has 0 bridgehead atoms. The summed E-state index contributed by atoms with van der Waals surface area (Å²) in [5.41, 5.74) is 8.08. The van der Waals surface area contributed by atoms with Crippen molar-refractivity contribution in [3.63, 3.8) is 0 Å². The van der Waals surface area contributed by atoms with Crippen molar-refractivity contribution < 1.29 is 9.47 Å². The van der Waals surface area contributed by atoms with Gasteiger partial charge in [-0.15, -0.1) is 0 Å². The second-order valence-electron chi connectivity index (χ2n) is 8.06. The monoisotopic (exact) mass is 390 g/mol. The minimum absolute atomic E-state index is 0.206. The Morgan fingerprint density at radius 2 is 1.96 bits per heavy atom. The molecule has 3 aliphatic rings. The minimum atomic E-state index is 0.206. The van der Waals surface area contributed by atoms with Gasteiger partial charge in [0.05, 0.1) is 31.1 Å². The highest BCUT2D eigenvalue weighted by Gasteiger charge is 2.42. The zero-order valence-corrected chi connectivity index (χ0v) is 17.1. The van der Waals surface area contributed by atoms with Gasteiger partial charge in [-0.1, -0.05) is 6.92 Å². The average molecular weight is 391 g/mol. The normalized spacial score (nSPS) is 31.1. The van der Waals surface area contributed by atoms with Gasteiger partial charge in [0, 0.05) is 51.3 Å². The van der Waals surface area contributed by atoms with E-state index < -0.39 is 0 Å². The van der Waals surface area contributed by atoms with E-state index in [9.17, 15) is 0 Å². The summed E-state index contributed by atoms with van der Waals surface area (Å²) >= 11 is 0. The van der Waals surface area contributed by atoms with Gasteiger partial charge in [0.25, 0.3) is 0 Å². The third-order valence-electron chi connectivity index (χ3n) is 6.48. The average Bonchev–Trinajstić information content (AvgIpc) is 3.17. The van der Waals surface area contributed by atoms with Crippen LogP contribution in [0, 0.1) is 5.92 Å². The molecule has 156 valence electrons. The number of likely N-dealkylation sites (N-methyl/N-ethyl adjacent to an activating group) is 1. The number of ether oxygens (including phenoxy) is 2. The number of piperazine rings is 1. The molecule has 0 radical (unpaired) electrons. The fraction of sp³-hybridized carbons (Fsp3) is 0.800. The number of anilines is 1. The third kappa shape index (κ3) is 4.46. The van der Waals surface area contributed by atoms with Crippen molar-refractivity contribution in [2.75, 3.05) is 57.9 Å². The maximum Gasteiger partial charge on any atom is 0.132 e. The molecule has 0 amide bonds. The van der Waals surface area contributed by atoms with Gasteiger partial charge in [0.15, 0.2) is 0 Å². The lowest BCUT2D eigenvalue weighted by molar-refractivity contribution is -0.0151. The Morgan fingerprint density at radius 1 is 1.11 bits per heavy atom. The zero-order valence-electron chi connectivity index (χ0n) is 17.1. The Morgan fingerprint density at radius 3 is 2.75 bits per heavy atom. The van der Waals surface area contributed by atoms with Crippen LogP contribution in [0.3, 0.4) is 0 Å². The van der Waals surface area contributed by atoms with Gasteiger partial charge < -0.3 is 19.3 Å². The van der Waals surface area contributed by atoms with E-state index in [1.54, 1.807) is 13.4 Å². The quantitative estimate of drug-likeness (QED) is 0.667. The van der Waals surface area contributed by atoms with Gasteiger partial charge in [-0.3, -0.25) is 5.43 Å². The maximum absolute atomic E-state index is 6.03. The van der Waals surface area contributed by atoms with Gasteiger partial charge >= 0.3 is 0 Å². The lowest BCUT2D eigenvalue weighted by atomic mass is 9.79. The Labute approximate surface area is 168 Å². The fourth-order valence-corrected chi connectivity index (χ4v) is 4.76. The molecular weight excluding hydrogens is 356 g/mol. The molecule has 0 aromatic carbocycles. The van der Waals surface area contributed by atoms with Crippen LogP contribution in [0.1, 0.15) is 37.9 Å². The Hall–Kier alpha value is -1.32. The van der Waals surface area contributed by atoms with Crippen molar-refractivity contribution in [1.82, 2.24) is 25.7 Å². The van der Waals surface area contributed by atoms with E-state index in [0.717, 1.165) is 63.5 Å². The second-order valence-corrected chi connectivity index (χ2v) is 8.06. The molecule has 1 aliphatic carbocycles. The second kappa shape index (κ2) is 9.45. The highest BCUT2D eigenvalue weighted by Crippen LogP contribution is 2.38. The van der Waals surface area contributed by atoms with Gasteiger partial charge in [-0.25, -0.2) is 15.4 Å². The third-order valence-corrected chi connectivity index (χ3v) is 6.48. The van der Waals surface area contributed by atoms with Gasteiger partial charge in [0.1, 0.15) is 12.1 Å². The molecular formula is C20H34N6O2. The Balaban J connectivity index is 1.41. The van der Waals surface area contributed by atoms with E-state index in [1.165, 1.54) is 0 Å². The van der Waals surface area contributed by atoms with Crippen molar-refractivity contribution in [2.24, 2.45) is 5.92 Å². The molecule has 8 heteroatoms. The van der Waals surface area contributed by atoms with Crippen LogP contribution < -0.4 is 15.8 Å². The molecule has 28 heavy (non-hydrogen) atoms. The first-order chi connectivity index (χ1) is 13.8. The molecule has 1 saturated carbocycles. The number of hydrogen-bond acceptors (Lipinski definition) is 8. The van der Waals surface area contributed by atoms with Crippen LogP contribution in [0.5, 0.6) is 0 Å². The predicted molar refractivity (Wildman–Crippen MR) is 108 cm³/mol. The summed E-state index contributed by atoms with van der Waals surface area (Å²) < 4.78 is 11.1. The molecule has 0 spiro atoms. The van der Waals surface area contributed by atoms with Crippen molar-refractivity contribution in [3.8, 4) is 0 Å². The lowest BCUT2D eigenvalue weighted by Gasteiger charge is -2.35. The summed E-state index contributed by atoms with van der Waals surface area (Å²) in [6, 6.07) is 2.87. The number of methoxy groups -OCH3 is 1.